The summed E-state index contributed by atoms with van der Waals surface area (Å²) in [5.41, 5.74) is 1.91. The first-order valence-electron chi connectivity index (χ1n) is 6.11. The van der Waals surface area contributed by atoms with E-state index >= 15 is 0 Å². The number of nitrogens with one attached hydrogen (secondary N) is 1. The van der Waals surface area contributed by atoms with Gasteiger partial charge in [0.15, 0.2) is 0 Å². The highest BCUT2D eigenvalue weighted by molar-refractivity contribution is 5.91. The second kappa shape index (κ2) is 5.92. The van der Waals surface area contributed by atoms with Crippen molar-refractivity contribution in [2.45, 2.75) is 6.92 Å². The summed E-state index contributed by atoms with van der Waals surface area (Å²) in [7, 11) is 1.40. The van der Waals surface area contributed by atoms with Gasteiger partial charge in [0.1, 0.15) is 23.2 Å². The molecular formula is C15H13N3O3. The van der Waals surface area contributed by atoms with Gasteiger partial charge in [0.2, 0.25) is 0 Å². The predicted molar refractivity (Wildman–Crippen MR) is 76.9 cm³/mol. The molecule has 0 fully saturated rings. The lowest BCUT2D eigenvalue weighted by molar-refractivity contribution is 0.0693. The number of anilines is 2. The van der Waals surface area contributed by atoms with E-state index in [1.807, 2.05) is 6.92 Å². The van der Waals surface area contributed by atoms with E-state index in [4.69, 9.17) is 15.1 Å². The van der Waals surface area contributed by atoms with Crippen molar-refractivity contribution in [2.75, 3.05) is 12.4 Å². The zero-order chi connectivity index (χ0) is 15.4. The average molecular weight is 283 g/mol. The minimum atomic E-state index is -1.07. The molecule has 0 saturated carbocycles. The van der Waals surface area contributed by atoms with Gasteiger partial charge in [-0.2, -0.15) is 5.26 Å². The van der Waals surface area contributed by atoms with E-state index in [1.165, 1.54) is 13.2 Å². The first-order valence-corrected chi connectivity index (χ1v) is 6.11. The molecule has 106 valence electrons. The molecule has 0 atom stereocenters. The molecule has 0 unspecified atom stereocenters. The molecule has 1 heterocycles. The van der Waals surface area contributed by atoms with Crippen LogP contribution >= 0.6 is 0 Å². The fourth-order valence-corrected chi connectivity index (χ4v) is 1.88. The average Bonchev–Trinajstić information content (AvgIpc) is 2.47. The molecule has 1 aromatic carbocycles. The number of hydrogen-bond acceptors (Lipinski definition) is 5. The van der Waals surface area contributed by atoms with E-state index in [2.05, 4.69) is 16.4 Å². The standard InChI is InChI=1S/C15H13N3O3/c1-9-5-6-17-14(12(9)8-16)18-10-3-4-11(15(19)20)13(7-10)21-2/h3-7H,1-2H3,(H,17,18)(H,19,20). The molecule has 0 spiro atoms. The van der Waals surface area contributed by atoms with Crippen molar-refractivity contribution in [3.63, 3.8) is 0 Å². The fourth-order valence-electron chi connectivity index (χ4n) is 1.88. The predicted octanol–water partition coefficient (Wildman–Crippen LogP) is 2.71. The van der Waals surface area contributed by atoms with E-state index in [-0.39, 0.29) is 11.3 Å². The van der Waals surface area contributed by atoms with Gasteiger partial charge in [-0.05, 0) is 30.7 Å². The van der Waals surface area contributed by atoms with Crippen LogP contribution < -0.4 is 10.1 Å². The van der Waals surface area contributed by atoms with Crippen molar-refractivity contribution in [3.05, 3.63) is 47.2 Å². The molecule has 2 N–H and O–H groups in total. The topological polar surface area (TPSA) is 95.2 Å². The summed E-state index contributed by atoms with van der Waals surface area (Å²) >= 11 is 0. The highest BCUT2D eigenvalue weighted by Gasteiger charge is 2.12. The Bertz CT molecular complexity index is 735. The number of nitriles is 1. The second-order valence-corrected chi connectivity index (χ2v) is 4.31. The zero-order valence-corrected chi connectivity index (χ0v) is 11.5. The van der Waals surface area contributed by atoms with Crippen LogP contribution in [0.4, 0.5) is 11.5 Å². The maximum Gasteiger partial charge on any atom is 0.339 e. The van der Waals surface area contributed by atoms with Crippen molar-refractivity contribution in [3.8, 4) is 11.8 Å². The lowest BCUT2D eigenvalue weighted by Crippen LogP contribution is -2.03. The summed E-state index contributed by atoms with van der Waals surface area (Å²) in [6.45, 7) is 1.82. The Hall–Kier alpha value is -3.07. The highest BCUT2D eigenvalue weighted by atomic mass is 16.5. The molecule has 6 heteroatoms. The molecule has 0 saturated heterocycles. The molecule has 2 aromatic rings. The molecule has 0 aliphatic heterocycles. The van der Waals surface area contributed by atoms with Crippen LogP contribution in [0.2, 0.25) is 0 Å². The number of benzene rings is 1. The Morgan fingerprint density at radius 1 is 1.43 bits per heavy atom. The third kappa shape index (κ3) is 2.92. The number of pyridine rings is 1. The van der Waals surface area contributed by atoms with E-state index < -0.39 is 5.97 Å². The summed E-state index contributed by atoms with van der Waals surface area (Å²) < 4.78 is 5.06. The van der Waals surface area contributed by atoms with Gasteiger partial charge in [-0.3, -0.25) is 0 Å². The van der Waals surface area contributed by atoms with Crippen LogP contribution in [0.5, 0.6) is 5.75 Å². The molecular weight excluding hydrogens is 270 g/mol. The maximum atomic E-state index is 11.0. The molecule has 1 aromatic heterocycles. The van der Waals surface area contributed by atoms with Crippen LogP contribution in [-0.2, 0) is 0 Å². The highest BCUT2D eigenvalue weighted by Crippen LogP contribution is 2.26. The third-order valence-corrected chi connectivity index (χ3v) is 2.97. The van der Waals surface area contributed by atoms with E-state index in [0.29, 0.717) is 17.1 Å². The zero-order valence-electron chi connectivity index (χ0n) is 11.5. The molecule has 0 aliphatic carbocycles. The van der Waals surface area contributed by atoms with Gasteiger partial charge < -0.3 is 15.2 Å². The van der Waals surface area contributed by atoms with Gasteiger partial charge in [-0.1, -0.05) is 0 Å². The van der Waals surface area contributed by atoms with E-state index in [1.54, 1.807) is 24.4 Å². The Kier molecular flexibility index (Phi) is 4.05. The number of methoxy groups -OCH3 is 1. The Labute approximate surface area is 121 Å². The second-order valence-electron chi connectivity index (χ2n) is 4.31. The number of rotatable bonds is 4. The van der Waals surface area contributed by atoms with Crippen molar-refractivity contribution in [1.29, 1.82) is 5.26 Å². The van der Waals surface area contributed by atoms with Gasteiger partial charge in [0.25, 0.3) is 0 Å². The van der Waals surface area contributed by atoms with Crippen molar-refractivity contribution in [2.24, 2.45) is 0 Å². The number of carbonyl (C=O) groups is 1. The number of ether oxygens (including phenoxy) is 1. The van der Waals surface area contributed by atoms with Crippen LogP contribution in [0.15, 0.2) is 30.5 Å². The normalized spacial score (nSPS) is 9.76. The number of aryl methyl sites for hydroxylation is 1. The summed E-state index contributed by atoms with van der Waals surface area (Å²) in [6.07, 6.45) is 1.60. The minimum Gasteiger partial charge on any atom is -0.496 e. The van der Waals surface area contributed by atoms with Crippen molar-refractivity contribution < 1.29 is 14.6 Å². The van der Waals surface area contributed by atoms with Gasteiger partial charge in [0, 0.05) is 18.0 Å². The van der Waals surface area contributed by atoms with Crippen LogP contribution in [0, 0.1) is 18.3 Å². The van der Waals surface area contributed by atoms with Crippen LogP contribution in [0.1, 0.15) is 21.5 Å². The van der Waals surface area contributed by atoms with Crippen molar-refractivity contribution >= 4 is 17.5 Å². The Morgan fingerprint density at radius 3 is 2.81 bits per heavy atom. The molecule has 2 rings (SSSR count). The SMILES string of the molecule is COc1cc(Nc2nccc(C)c2C#N)ccc1C(=O)O. The molecule has 21 heavy (non-hydrogen) atoms. The van der Waals surface area contributed by atoms with Gasteiger partial charge in [0.05, 0.1) is 12.7 Å². The number of carboxylic acid groups (broad SMARTS) is 1. The minimum absolute atomic E-state index is 0.0701. The number of hydrogen-bond donors (Lipinski definition) is 2. The summed E-state index contributed by atoms with van der Waals surface area (Å²) in [4.78, 5) is 15.2. The molecule has 0 bridgehead atoms. The number of aromatic nitrogens is 1. The Morgan fingerprint density at radius 2 is 2.19 bits per heavy atom. The largest absolute Gasteiger partial charge is 0.496 e. The quantitative estimate of drug-likeness (QED) is 0.895. The molecule has 6 nitrogen and oxygen atoms in total. The van der Waals surface area contributed by atoms with Gasteiger partial charge in [-0.15, -0.1) is 0 Å². The smallest absolute Gasteiger partial charge is 0.339 e. The van der Waals surface area contributed by atoms with E-state index in [0.717, 1.165) is 5.56 Å². The summed E-state index contributed by atoms with van der Waals surface area (Å²) in [5, 5.41) is 21.2. The summed E-state index contributed by atoms with van der Waals surface area (Å²) in [6, 6.07) is 8.42. The fraction of sp³-hybridized carbons (Fsp3) is 0.133. The lowest BCUT2D eigenvalue weighted by atomic mass is 10.1. The molecule has 0 radical (unpaired) electrons. The van der Waals surface area contributed by atoms with Gasteiger partial charge in [-0.25, -0.2) is 9.78 Å². The lowest BCUT2D eigenvalue weighted by Gasteiger charge is -2.11. The molecule has 0 aliphatic rings. The maximum absolute atomic E-state index is 11.0. The monoisotopic (exact) mass is 283 g/mol. The Balaban J connectivity index is 2.40. The van der Waals surface area contributed by atoms with E-state index in [9.17, 15) is 4.79 Å². The van der Waals surface area contributed by atoms with Crippen LogP contribution in [0.3, 0.4) is 0 Å². The van der Waals surface area contributed by atoms with Crippen molar-refractivity contribution in [1.82, 2.24) is 4.98 Å². The number of nitrogens with zero attached hydrogens (tertiary/aromatic N) is 2. The number of aromatic carboxylic acids is 1. The first-order chi connectivity index (χ1) is 10.1. The molecule has 0 amide bonds. The van der Waals surface area contributed by atoms with Crippen LogP contribution in [0.25, 0.3) is 0 Å². The van der Waals surface area contributed by atoms with Crippen LogP contribution in [-0.4, -0.2) is 23.2 Å². The van der Waals surface area contributed by atoms with Gasteiger partial charge >= 0.3 is 5.97 Å². The number of carboxylic acids is 1. The summed E-state index contributed by atoms with van der Waals surface area (Å²) in [5.74, 6) is -0.411. The third-order valence-electron chi connectivity index (χ3n) is 2.97. The first kappa shape index (κ1) is 14.3.